The fourth-order valence-electron chi connectivity index (χ4n) is 1.73. The first-order chi connectivity index (χ1) is 8.97. The summed E-state index contributed by atoms with van der Waals surface area (Å²) >= 11 is 0. The first-order valence-electron chi connectivity index (χ1n) is 5.69. The van der Waals surface area contributed by atoms with E-state index in [2.05, 4.69) is 5.32 Å². The fraction of sp³-hybridized carbons (Fsp3) is 0.143. The lowest BCUT2D eigenvalue weighted by atomic mass is 10.1. The summed E-state index contributed by atoms with van der Waals surface area (Å²) in [5, 5.41) is 11.6. The van der Waals surface area contributed by atoms with Crippen LogP contribution in [0.15, 0.2) is 34.7 Å². The third-order valence-corrected chi connectivity index (χ3v) is 2.68. The molecule has 5 nitrogen and oxygen atoms in total. The van der Waals surface area contributed by atoms with Gasteiger partial charge in [0.2, 0.25) is 0 Å². The van der Waals surface area contributed by atoms with Crippen molar-refractivity contribution in [3.05, 3.63) is 53.0 Å². The Morgan fingerprint density at radius 1 is 1.16 bits per heavy atom. The van der Waals surface area contributed by atoms with Crippen LogP contribution in [-0.2, 0) is 0 Å². The van der Waals surface area contributed by atoms with Gasteiger partial charge in [0.1, 0.15) is 5.76 Å². The monoisotopic (exact) mass is 259 g/mol. The van der Waals surface area contributed by atoms with Crippen molar-refractivity contribution in [2.24, 2.45) is 0 Å². The molecule has 1 aromatic carbocycles. The Balaban J connectivity index is 2.18. The van der Waals surface area contributed by atoms with Crippen molar-refractivity contribution >= 4 is 17.6 Å². The van der Waals surface area contributed by atoms with E-state index in [1.54, 1.807) is 38.1 Å². The van der Waals surface area contributed by atoms with E-state index in [1.165, 1.54) is 6.07 Å². The first kappa shape index (κ1) is 12.9. The topological polar surface area (TPSA) is 79.5 Å². The zero-order valence-electron chi connectivity index (χ0n) is 10.6. The van der Waals surface area contributed by atoms with Crippen LogP contribution in [0.2, 0.25) is 0 Å². The van der Waals surface area contributed by atoms with Crippen molar-refractivity contribution in [2.45, 2.75) is 13.8 Å². The number of amides is 1. The number of aromatic carboxylic acids is 1. The lowest BCUT2D eigenvalue weighted by Crippen LogP contribution is -2.11. The highest BCUT2D eigenvalue weighted by molar-refractivity contribution is 6.02. The Morgan fingerprint density at radius 3 is 2.42 bits per heavy atom. The van der Waals surface area contributed by atoms with Gasteiger partial charge in [0.25, 0.3) is 5.91 Å². The molecule has 0 atom stereocenters. The Kier molecular flexibility index (Phi) is 3.37. The minimum absolute atomic E-state index is 0.215. The number of hydrogen-bond donors (Lipinski definition) is 2. The number of anilines is 1. The third kappa shape index (κ3) is 2.82. The molecule has 0 saturated heterocycles. The highest BCUT2D eigenvalue weighted by atomic mass is 16.4. The molecular weight excluding hydrogens is 246 g/mol. The Labute approximate surface area is 109 Å². The molecule has 2 N–H and O–H groups in total. The molecule has 1 heterocycles. The van der Waals surface area contributed by atoms with Crippen molar-refractivity contribution in [3.8, 4) is 0 Å². The molecule has 2 aromatic rings. The van der Waals surface area contributed by atoms with Crippen molar-refractivity contribution in [1.29, 1.82) is 0 Å². The highest BCUT2D eigenvalue weighted by Gasteiger charge is 2.12. The van der Waals surface area contributed by atoms with Gasteiger partial charge in [-0.25, -0.2) is 4.79 Å². The number of benzene rings is 1. The molecule has 0 aliphatic carbocycles. The van der Waals surface area contributed by atoms with E-state index in [0.717, 1.165) is 0 Å². The van der Waals surface area contributed by atoms with Gasteiger partial charge in [0, 0.05) is 5.69 Å². The Morgan fingerprint density at radius 2 is 1.89 bits per heavy atom. The van der Waals surface area contributed by atoms with Crippen LogP contribution in [-0.4, -0.2) is 17.0 Å². The molecule has 1 amide bonds. The number of hydrogen-bond acceptors (Lipinski definition) is 3. The number of carbonyl (C=O) groups is 2. The molecule has 98 valence electrons. The number of rotatable bonds is 3. The molecule has 0 spiro atoms. The number of aryl methyl sites for hydroxylation is 2. The molecule has 0 aliphatic heterocycles. The molecular formula is C14H13NO4. The zero-order valence-corrected chi connectivity index (χ0v) is 10.6. The first-order valence-corrected chi connectivity index (χ1v) is 5.69. The number of carbonyl (C=O) groups excluding carboxylic acids is 1. The second kappa shape index (κ2) is 4.97. The molecule has 0 saturated carbocycles. The zero-order chi connectivity index (χ0) is 14.0. The van der Waals surface area contributed by atoms with Gasteiger partial charge in [-0.3, -0.25) is 4.79 Å². The summed E-state index contributed by atoms with van der Waals surface area (Å²) in [7, 11) is 0. The summed E-state index contributed by atoms with van der Waals surface area (Å²) in [6.07, 6.45) is 0. The standard InChI is InChI=1S/C14H13NO4/c1-8-7-10(4-5-11(8)14(17)18)15-13(16)12-6-3-9(2)19-12/h3-7H,1-2H3,(H,15,16)(H,17,18). The third-order valence-electron chi connectivity index (χ3n) is 2.68. The van der Waals surface area contributed by atoms with E-state index in [0.29, 0.717) is 17.0 Å². The Bertz CT molecular complexity index is 643. The summed E-state index contributed by atoms with van der Waals surface area (Å²) in [5.74, 6) is -0.479. The summed E-state index contributed by atoms with van der Waals surface area (Å²) < 4.78 is 5.20. The van der Waals surface area contributed by atoms with Crippen LogP contribution < -0.4 is 5.32 Å². The minimum atomic E-state index is -0.989. The minimum Gasteiger partial charge on any atom is -0.478 e. The van der Waals surface area contributed by atoms with Crippen molar-refractivity contribution in [3.63, 3.8) is 0 Å². The van der Waals surface area contributed by atoms with E-state index in [1.807, 2.05) is 0 Å². The number of carboxylic acids is 1. The number of nitrogens with one attached hydrogen (secondary N) is 1. The molecule has 0 unspecified atom stereocenters. The molecule has 19 heavy (non-hydrogen) atoms. The van der Waals surface area contributed by atoms with Crippen molar-refractivity contribution in [2.75, 3.05) is 5.32 Å². The van der Waals surface area contributed by atoms with Gasteiger partial charge in [-0.1, -0.05) is 0 Å². The normalized spacial score (nSPS) is 10.2. The lowest BCUT2D eigenvalue weighted by Gasteiger charge is -2.06. The second-order valence-electron chi connectivity index (χ2n) is 4.20. The van der Waals surface area contributed by atoms with Crippen LogP contribution in [0.1, 0.15) is 32.2 Å². The summed E-state index contributed by atoms with van der Waals surface area (Å²) in [6, 6.07) is 7.90. The van der Waals surface area contributed by atoms with E-state index >= 15 is 0 Å². The van der Waals surface area contributed by atoms with Crippen LogP contribution in [0.25, 0.3) is 0 Å². The summed E-state index contributed by atoms with van der Waals surface area (Å²) in [6.45, 7) is 3.43. The van der Waals surface area contributed by atoms with Crippen LogP contribution in [0.5, 0.6) is 0 Å². The second-order valence-corrected chi connectivity index (χ2v) is 4.20. The van der Waals surface area contributed by atoms with Crippen LogP contribution in [0, 0.1) is 13.8 Å². The van der Waals surface area contributed by atoms with Crippen molar-refractivity contribution < 1.29 is 19.1 Å². The maximum atomic E-state index is 11.8. The molecule has 0 radical (unpaired) electrons. The van der Waals surface area contributed by atoms with E-state index in [4.69, 9.17) is 9.52 Å². The molecule has 0 aliphatic rings. The SMILES string of the molecule is Cc1ccc(C(=O)Nc2ccc(C(=O)O)c(C)c2)o1. The maximum absolute atomic E-state index is 11.8. The van der Waals surface area contributed by atoms with Gasteiger partial charge in [-0.2, -0.15) is 0 Å². The predicted octanol–water partition coefficient (Wildman–Crippen LogP) is 2.85. The van der Waals surface area contributed by atoms with Gasteiger partial charge in [-0.15, -0.1) is 0 Å². The van der Waals surface area contributed by atoms with Crippen molar-refractivity contribution in [1.82, 2.24) is 0 Å². The van der Waals surface area contributed by atoms with E-state index < -0.39 is 5.97 Å². The van der Waals surface area contributed by atoms with Gasteiger partial charge in [0.05, 0.1) is 5.56 Å². The number of furan rings is 1. The van der Waals surface area contributed by atoms with Gasteiger partial charge in [-0.05, 0) is 49.7 Å². The maximum Gasteiger partial charge on any atom is 0.335 e. The van der Waals surface area contributed by atoms with Gasteiger partial charge < -0.3 is 14.8 Å². The van der Waals surface area contributed by atoms with Gasteiger partial charge in [0.15, 0.2) is 5.76 Å². The smallest absolute Gasteiger partial charge is 0.335 e. The average Bonchev–Trinajstić information content (AvgIpc) is 2.75. The van der Waals surface area contributed by atoms with Crippen LogP contribution >= 0.6 is 0 Å². The quantitative estimate of drug-likeness (QED) is 0.888. The average molecular weight is 259 g/mol. The molecule has 5 heteroatoms. The molecule has 2 rings (SSSR count). The molecule has 0 bridgehead atoms. The Hall–Kier alpha value is -2.56. The summed E-state index contributed by atoms with van der Waals surface area (Å²) in [5.41, 5.74) is 1.33. The largest absolute Gasteiger partial charge is 0.478 e. The van der Waals surface area contributed by atoms with Gasteiger partial charge >= 0.3 is 5.97 Å². The summed E-state index contributed by atoms with van der Waals surface area (Å²) in [4.78, 5) is 22.7. The highest BCUT2D eigenvalue weighted by Crippen LogP contribution is 2.16. The van der Waals surface area contributed by atoms with Crippen LogP contribution in [0.4, 0.5) is 5.69 Å². The van der Waals surface area contributed by atoms with Crippen LogP contribution in [0.3, 0.4) is 0 Å². The van der Waals surface area contributed by atoms with E-state index in [-0.39, 0.29) is 17.2 Å². The fourth-order valence-corrected chi connectivity index (χ4v) is 1.73. The van der Waals surface area contributed by atoms with E-state index in [9.17, 15) is 9.59 Å². The molecule has 0 fully saturated rings. The predicted molar refractivity (Wildman–Crippen MR) is 69.5 cm³/mol. The lowest BCUT2D eigenvalue weighted by molar-refractivity contribution is 0.0696. The number of carboxylic acid groups (broad SMARTS) is 1. The molecule has 1 aromatic heterocycles.